The molecule has 9 rings (SSSR count). The zero-order chi connectivity index (χ0) is 31.3. The van der Waals surface area contributed by atoms with Crippen molar-refractivity contribution in [2.75, 3.05) is 20.2 Å². The number of aryl methyl sites for hydroxylation is 1. The van der Waals surface area contributed by atoms with E-state index >= 15 is 0 Å². The van der Waals surface area contributed by atoms with E-state index in [0.29, 0.717) is 29.7 Å². The third-order valence-corrected chi connectivity index (χ3v) is 10.8. The number of carbonyl (C=O) groups excluding carboxylic acids is 2. The van der Waals surface area contributed by atoms with Crippen molar-refractivity contribution in [2.45, 2.75) is 50.7 Å². The van der Waals surface area contributed by atoms with E-state index in [2.05, 4.69) is 38.7 Å². The van der Waals surface area contributed by atoms with Crippen LogP contribution in [0.4, 0.5) is 0 Å². The van der Waals surface area contributed by atoms with E-state index in [1.807, 2.05) is 36.2 Å². The SMILES string of the molecule is COc1cc(C(=O)N2C[C@H]3CC[C@@H]2[C@@H]3N)cc2nc(-c3cc4ccc(-c5ccc6c(c5)CCNC6=O)nc4n3CC3CC3)n(C)c12. The number of carbonyl (C=O) groups is 2. The Kier molecular flexibility index (Phi) is 6.09. The van der Waals surface area contributed by atoms with Gasteiger partial charge in [0.2, 0.25) is 0 Å². The van der Waals surface area contributed by atoms with Crippen LogP contribution in [0.5, 0.6) is 5.75 Å². The number of rotatable bonds is 6. The van der Waals surface area contributed by atoms with Gasteiger partial charge >= 0.3 is 0 Å². The van der Waals surface area contributed by atoms with Crippen molar-refractivity contribution >= 4 is 33.9 Å². The lowest BCUT2D eigenvalue weighted by Gasteiger charge is -2.27. The number of nitrogens with zero attached hydrogens (tertiary/aromatic N) is 5. The fraction of sp³-hybridized carbons (Fsp3) is 0.389. The quantitative estimate of drug-likeness (QED) is 0.290. The number of likely N-dealkylation sites (tertiary alicyclic amines) is 1. The van der Waals surface area contributed by atoms with Gasteiger partial charge in [0.1, 0.15) is 16.9 Å². The predicted octanol–water partition coefficient (Wildman–Crippen LogP) is 4.52. The Hall–Kier alpha value is -4.70. The van der Waals surface area contributed by atoms with Crippen molar-refractivity contribution in [2.24, 2.45) is 24.6 Å². The molecule has 2 aromatic carbocycles. The summed E-state index contributed by atoms with van der Waals surface area (Å²) in [4.78, 5) is 38.4. The van der Waals surface area contributed by atoms with Gasteiger partial charge in [0.05, 0.1) is 24.0 Å². The Morgan fingerprint density at radius 2 is 1.93 bits per heavy atom. The highest BCUT2D eigenvalue weighted by molar-refractivity contribution is 6.01. The van der Waals surface area contributed by atoms with Crippen LogP contribution in [-0.2, 0) is 20.0 Å². The molecule has 5 heterocycles. The number of hydrogen-bond donors (Lipinski definition) is 2. The first-order valence-electron chi connectivity index (χ1n) is 16.4. The molecule has 3 atom stereocenters. The number of pyridine rings is 1. The van der Waals surface area contributed by atoms with Crippen molar-refractivity contribution in [1.29, 1.82) is 0 Å². The Balaban J connectivity index is 1.14. The van der Waals surface area contributed by atoms with E-state index in [0.717, 1.165) is 88.3 Å². The highest BCUT2D eigenvalue weighted by Crippen LogP contribution is 2.40. The van der Waals surface area contributed by atoms with E-state index in [-0.39, 0.29) is 23.9 Å². The number of nitrogens with two attached hydrogens (primary N) is 1. The highest BCUT2D eigenvalue weighted by atomic mass is 16.5. The van der Waals surface area contributed by atoms with Gasteiger partial charge in [0, 0.05) is 60.8 Å². The molecule has 1 saturated heterocycles. The first-order valence-corrected chi connectivity index (χ1v) is 16.4. The smallest absolute Gasteiger partial charge is 0.254 e. The number of benzene rings is 2. The molecule has 5 aromatic rings. The predicted molar refractivity (Wildman–Crippen MR) is 176 cm³/mol. The average Bonchev–Trinajstić information content (AvgIpc) is 3.47. The van der Waals surface area contributed by atoms with Crippen LogP contribution in [0.15, 0.2) is 48.5 Å². The monoisotopic (exact) mass is 615 g/mol. The summed E-state index contributed by atoms with van der Waals surface area (Å²) in [6.45, 7) is 2.23. The fourth-order valence-corrected chi connectivity index (χ4v) is 8.07. The molecule has 3 fully saturated rings. The van der Waals surface area contributed by atoms with Crippen LogP contribution >= 0.6 is 0 Å². The van der Waals surface area contributed by atoms with Gasteiger partial charge in [-0.05, 0) is 92.0 Å². The molecule has 3 N–H and O–H groups in total. The highest BCUT2D eigenvalue weighted by Gasteiger charge is 2.47. The first kappa shape index (κ1) is 27.6. The number of fused-ring (bicyclic) bond motifs is 5. The topological polar surface area (TPSA) is 120 Å². The number of nitrogens with one attached hydrogen (secondary N) is 1. The zero-order valence-corrected chi connectivity index (χ0v) is 26.1. The maximum absolute atomic E-state index is 13.7. The molecule has 46 heavy (non-hydrogen) atoms. The Morgan fingerprint density at radius 3 is 2.70 bits per heavy atom. The number of piperidine rings is 1. The second-order valence-electron chi connectivity index (χ2n) is 13.6. The minimum Gasteiger partial charge on any atom is -0.494 e. The summed E-state index contributed by atoms with van der Waals surface area (Å²) in [6, 6.07) is 16.3. The number of methoxy groups -OCH3 is 1. The summed E-state index contributed by atoms with van der Waals surface area (Å²) in [5.74, 6) is 2.41. The van der Waals surface area contributed by atoms with Crippen LogP contribution in [0, 0.1) is 11.8 Å². The maximum Gasteiger partial charge on any atom is 0.254 e. The zero-order valence-electron chi connectivity index (χ0n) is 26.1. The summed E-state index contributed by atoms with van der Waals surface area (Å²) in [6.07, 6.45) is 5.29. The van der Waals surface area contributed by atoms with Gasteiger partial charge in [-0.1, -0.05) is 6.07 Å². The first-order chi connectivity index (χ1) is 22.4. The normalized spacial score (nSPS) is 22.1. The van der Waals surface area contributed by atoms with E-state index in [4.69, 9.17) is 20.4 Å². The number of ether oxygens (including phenoxy) is 1. The summed E-state index contributed by atoms with van der Waals surface area (Å²) < 4.78 is 10.3. The molecule has 2 aliphatic heterocycles. The summed E-state index contributed by atoms with van der Waals surface area (Å²) in [5.41, 5.74) is 14.2. The van der Waals surface area contributed by atoms with Gasteiger partial charge in [0.25, 0.3) is 11.8 Å². The van der Waals surface area contributed by atoms with Crippen LogP contribution in [0.2, 0.25) is 0 Å². The van der Waals surface area contributed by atoms with Crippen molar-refractivity contribution in [1.82, 2.24) is 29.3 Å². The fourth-order valence-electron chi connectivity index (χ4n) is 8.07. The van der Waals surface area contributed by atoms with Gasteiger partial charge in [-0.15, -0.1) is 0 Å². The third-order valence-electron chi connectivity index (χ3n) is 10.8. The largest absolute Gasteiger partial charge is 0.494 e. The van der Waals surface area contributed by atoms with Crippen LogP contribution in [-0.4, -0.2) is 68.1 Å². The van der Waals surface area contributed by atoms with Gasteiger partial charge in [-0.25, -0.2) is 9.97 Å². The molecule has 2 amide bonds. The number of imidazole rings is 1. The van der Waals surface area contributed by atoms with Crippen molar-refractivity contribution in [3.63, 3.8) is 0 Å². The van der Waals surface area contributed by atoms with Gasteiger partial charge in [-0.3, -0.25) is 9.59 Å². The molecule has 10 nitrogen and oxygen atoms in total. The summed E-state index contributed by atoms with van der Waals surface area (Å²) >= 11 is 0. The lowest BCUT2D eigenvalue weighted by Crippen LogP contribution is -2.41. The summed E-state index contributed by atoms with van der Waals surface area (Å²) in [5, 5.41) is 3.97. The third kappa shape index (κ3) is 4.19. The molecule has 3 aromatic heterocycles. The molecule has 2 aliphatic carbocycles. The molecular formula is C36H37N7O3. The molecule has 0 spiro atoms. The van der Waals surface area contributed by atoms with Crippen molar-refractivity contribution in [3.05, 3.63) is 65.2 Å². The molecule has 10 heteroatoms. The second kappa shape index (κ2) is 10.2. The lowest BCUT2D eigenvalue weighted by molar-refractivity contribution is 0.0700. The van der Waals surface area contributed by atoms with Crippen LogP contribution in [0.3, 0.4) is 0 Å². The van der Waals surface area contributed by atoms with Crippen LogP contribution in [0.25, 0.3) is 44.8 Å². The Bertz CT molecular complexity index is 2090. The standard InChI is InChI=1S/C36H37N7O3/c1-41-32-27(14-24(16-30(32)46-2)36(45)43-18-23-7-10-28(43)31(23)37)40-34(41)29-15-22-6-9-26(39-33(22)42(29)17-19-3-4-19)21-5-8-25-20(13-21)11-12-38-35(25)44/h5-6,8-9,13-16,19,23,28,31H,3-4,7,10-12,17-18,37H2,1-2H3,(H,38,44)/t23-,28-,31-/m1/s1. The molecule has 0 unspecified atom stereocenters. The van der Waals surface area contributed by atoms with Gasteiger partial charge < -0.3 is 29.8 Å². The van der Waals surface area contributed by atoms with E-state index in [1.54, 1.807) is 7.11 Å². The van der Waals surface area contributed by atoms with Gasteiger partial charge in [-0.2, -0.15) is 0 Å². The Morgan fingerprint density at radius 1 is 1.07 bits per heavy atom. The second-order valence-corrected chi connectivity index (χ2v) is 13.6. The number of hydrogen-bond acceptors (Lipinski definition) is 6. The molecule has 2 saturated carbocycles. The van der Waals surface area contributed by atoms with Crippen molar-refractivity contribution < 1.29 is 14.3 Å². The minimum absolute atomic E-state index is 0.00237. The van der Waals surface area contributed by atoms with Crippen LogP contribution < -0.4 is 15.8 Å². The van der Waals surface area contributed by atoms with Crippen LogP contribution in [0.1, 0.15) is 52.0 Å². The molecule has 0 radical (unpaired) electrons. The van der Waals surface area contributed by atoms with Crippen molar-refractivity contribution in [3.8, 4) is 28.5 Å². The van der Waals surface area contributed by atoms with E-state index in [1.165, 1.54) is 12.8 Å². The lowest BCUT2D eigenvalue weighted by atomic mass is 9.96. The minimum atomic E-state index is -0.0121. The average molecular weight is 616 g/mol. The van der Waals surface area contributed by atoms with Gasteiger partial charge in [0.15, 0.2) is 5.82 Å². The molecule has 234 valence electrons. The summed E-state index contributed by atoms with van der Waals surface area (Å²) in [7, 11) is 3.65. The van der Waals surface area contributed by atoms with E-state index in [9.17, 15) is 9.59 Å². The molecule has 2 bridgehead atoms. The molecular weight excluding hydrogens is 578 g/mol. The number of amides is 2. The number of aromatic nitrogens is 4. The molecule has 4 aliphatic rings. The Labute approximate surface area is 266 Å². The maximum atomic E-state index is 13.7. The van der Waals surface area contributed by atoms with E-state index < -0.39 is 0 Å².